The molecule has 1 heterocycles. The average molecular weight is 316 g/mol. The van der Waals surface area contributed by atoms with Crippen molar-refractivity contribution in [3.8, 4) is 11.5 Å². The highest BCUT2D eigenvalue weighted by Gasteiger charge is 2.26. The Kier molecular flexibility index (Phi) is 4.92. The van der Waals surface area contributed by atoms with Crippen LogP contribution in [0.2, 0.25) is 0 Å². The zero-order valence-electron chi connectivity index (χ0n) is 12.1. The highest BCUT2D eigenvalue weighted by molar-refractivity contribution is 7.89. The molecule has 1 aliphatic rings. The second-order valence-electron chi connectivity index (χ2n) is 4.75. The largest absolute Gasteiger partial charge is 0.495 e. The smallest absolute Gasteiger partial charge is 0.244 e. The first-order valence-electron chi connectivity index (χ1n) is 6.59. The van der Waals surface area contributed by atoms with Crippen LogP contribution < -0.4 is 19.9 Å². The van der Waals surface area contributed by atoms with Crippen LogP contribution in [0.1, 0.15) is 12.8 Å². The van der Waals surface area contributed by atoms with Gasteiger partial charge in [-0.2, -0.15) is 0 Å². The third-order valence-electron chi connectivity index (χ3n) is 3.35. The molecular formula is C13H20N2O5S. The summed E-state index contributed by atoms with van der Waals surface area (Å²) in [4.78, 5) is 0.00907. The Balaban J connectivity index is 2.32. The number of anilines is 1. The molecule has 0 atom stereocenters. The molecular weight excluding hydrogens is 296 g/mol. The fourth-order valence-corrected chi connectivity index (χ4v) is 3.69. The van der Waals surface area contributed by atoms with Gasteiger partial charge < -0.3 is 19.9 Å². The summed E-state index contributed by atoms with van der Waals surface area (Å²) in [5, 5.41) is 0. The zero-order chi connectivity index (χ0) is 15.5. The highest BCUT2D eigenvalue weighted by Crippen LogP contribution is 2.33. The number of hydrogen-bond acceptors (Lipinski definition) is 6. The summed E-state index contributed by atoms with van der Waals surface area (Å²) >= 11 is 0. The summed E-state index contributed by atoms with van der Waals surface area (Å²) in [5.74, 6) is 0.567. The summed E-state index contributed by atoms with van der Waals surface area (Å²) < 4.78 is 43.1. The fraction of sp³-hybridized carbons (Fsp3) is 0.538. The molecule has 1 fully saturated rings. The SMILES string of the molecule is COc1cc(OC)c(S(=O)(=O)NC2CCOCC2)cc1N. The number of hydrogen-bond donors (Lipinski definition) is 2. The number of benzene rings is 1. The molecule has 8 heteroatoms. The van der Waals surface area contributed by atoms with Gasteiger partial charge in [0.2, 0.25) is 10.0 Å². The van der Waals surface area contributed by atoms with Crippen LogP contribution >= 0.6 is 0 Å². The van der Waals surface area contributed by atoms with Crippen LogP contribution in [-0.2, 0) is 14.8 Å². The van der Waals surface area contributed by atoms with E-state index in [0.29, 0.717) is 31.8 Å². The second-order valence-corrected chi connectivity index (χ2v) is 6.44. The van der Waals surface area contributed by atoms with E-state index in [9.17, 15) is 8.42 Å². The maximum atomic E-state index is 12.5. The van der Waals surface area contributed by atoms with Crippen LogP contribution in [-0.4, -0.2) is 41.9 Å². The quantitative estimate of drug-likeness (QED) is 0.777. The van der Waals surface area contributed by atoms with Crippen LogP contribution in [0.4, 0.5) is 5.69 Å². The molecule has 0 saturated carbocycles. The zero-order valence-corrected chi connectivity index (χ0v) is 12.9. The van der Waals surface area contributed by atoms with Crippen molar-refractivity contribution in [3.05, 3.63) is 12.1 Å². The van der Waals surface area contributed by atoms with Gasteiger partial charge in [-0.1, -0.05) is 0 Å². The minimum absolute atomic E-state index is 0.00907. The van der Waals surface area contributed by atoms with Crippen LogP contribution in [0.15, 0.2) is 17.0 Å². The van der Waals surface area contributed by atoms with Crippen LogP contribution in [0.25, 0.3) is 0 Å². The number of nitrogens with two attached hydrogens (primary N) is 1. The molecule has 1 aliphatic heterocycles. The predicted octanol–water partition coefficient (Wildman–Crippen LogP) is 0.743. The first kappa shape index (κ1) is 15.9. The topological polar surface area (TPSA) is 99.9 Å². The van der Waals surface area contributed by atoms with Crippen LogP contribution in [0.3, 0.4) is 0 Å². The number of ether oxygens (including phenoxy) is 3. The Hall–Kier alpha value is -1.51. The van der Waals surface area contributed by atoms with Crippen molar-refractivity contribution in [2.75, 3.05) is 33.2 Å². The summed E-state index contributed by atoms with van der Waals surface area (Å²) in [6, 6.07) is 2.67. The minimum atomic E-state index is -3.72. The van der Waals surface area contributed by atoms with E-state index < -0.39 is 10.0 Å². The average Bonchev–Trinajstić information content (AvgIpc) is 2.47. The second kappa shape index (κ2) is 6.50. The van der Waals surface area contributed by atoms with Crippen LogP contribution in [0.5, 0.6) is 11.5 Å². The summed E-state index contributed by atoms with van der Waals surface area (Å²) in [5.41, 5.74) is 6.03. The molecule has 7 nitrogen and oxygen atoms in total. The number of nitrogen functional groups attached to an aromatic ring is 1. The normalized spacial score (nSPS) is 16.7. The number of methoxy groups -OCH3 is 2. The van der Waals surface area contributed by atoms with Crippen molar-refractivity contribution in [3.63, 3.8) is 0 Å². The molecule has 3 N–H and O–H groups in total. The molecule has 118 valence electrons. The lowest BCUT2D eigenvalue weighted by atomic mass is 10.1. The predicted molar refractivity (Wildman–Crippen MR) is 78.1 cm³/mol. The standard InChI is InChI=1S/C13H20N2O5S/c1-18-11-8-12(19-2)13(7-10(11)14)21(16,17)15-9-3-5-20-6-4-9/h7-9,15H,3-6,14H2,1-2H3. The molecule has 1 aromatic rings. The van der Waals surface area contributed by atoms with Gasteiger partial charge in [0.25, 0.3) is 0 Å². The van der Waals surface area contributed by atoms with Gasteiger partial charge in [0, 0.05) is 25.3 Å². The van der Waals surface area contributed by atoms with Gasteiger partial charge in [-0.3, -0.25) is 0 Å². The lowest BCUT2D eigenvalue weighted by molar-refractivity contribution is 0.0832. The molecule has 21 heavy (non-hydrogen) atoms. The van der Waals surface area contributed by atoms with Crippen molar-refractivity contribution in [1.82, 2.24) is 4.72 Å². The molecule has 0 amide bonds. The Labute approximate surface area is 124 Å². The fourth-order valence-electron chi connectivity index (χ4n) is 2.20. The molecule has 1 aromatic carbocycles. The third-order valence-corrected chi connectivity index (χ3v) is 4.89. The third kappa shape index (κ3) is 3.58. The molecule has 0 aromatic heterocycles. The maximum Gasteiger partial charge on any atom is 0.244 e. The monoisotopic (exact) mass is 316 g/mol. The van der Waals surface area contributed by atoms with Gasteiger partial charge in [-0.15, -0.1) is 0 Å². The van der Waals surface area contributed by atoms with E-state index in [0.717, 1.165) is 0 Å². The first-order valence-corrected chi connectivity index (χ1v) is 8.08. The maximum absolute atomic E-state index is 12.5. The van der Waals surface area contributed by atoms with E-state index in [1.54, 1.807) is 0 Å². The summed E-state index contributed by atoms with van der Waals surface area (Å²) in [6.07, 6.45) is 1.29. The van der Waals surface area contributed by atoms with E-state index in [-0.39, 0.29) is 22.4 Å². The van der Waals surface area contributed by atoms with Gasteiger partial charge in [-0.25, -0.2) is 13.1 Å². The van der Waals surface area contributed by atoms with Gasteiger partial charge in [-0.05, 0) is 18.9 Å². The molecule has 0 bridgehead atoms. The number of sulfonamides is 1. The van der Waals surface area contributed by atoms with Gasteiger partial charge >= 0.3 is 0 Å². The van der Waals surface area contributed by atoms with Gasteiger partial charge in [0.1, 0.15) is 16.4 Å². The van der Waals surface area contributed by atoms with E-state index in [2.05, 4.69) is 4.72 Å². The Morgan fingerprint density at radius 2 is 1.81 bits per heavy atom. The van der Waals surface area contributed by atoms with Crippen molar-refractivity contribution < 1.29 is 22.6 Å². The highest BCUT2D eigenvalue weighted by atomic mass is 32.2. The minimum Gasteiger partial charge on any atom is -0.495 e. The summed E-state index contributed by atoms with van der Waals surface area (Å²) in [7, 11) is -0.857. The van der Waals surface area contributed by atoms with E-state index in [1.165, 1.54) is 26.4 Å². The van der Waals surface area contributed by atoms with Gasteiger partial charge in [0.15, 0.2) is 0 Å². The molecule has 0 radical (unpaired) electrons. The lowest BCUT2D eigenvalue weighted by Crippen LogP contribution is -2.39. The van der Waals surface area contributed by atoms with Crippen molar-refractivity contribution >= 4 is 15.7 Å². The van der Waals surface area contributed by atoms with Crippen molar-refractivity contribution in [1.29, 1.82) is 0 Å². The van der Waals surface area contributed by atoms with E-state index in [1.807, 2.05) is 0 Å². The van der Waals surface area contributed by atoms with E-state index >= 15 is 0 Å². The van der Waals surface area contributed by atoms with E-state index in [4.69, 9.17) is 19.9 Å². The Bertz CT molecular complexity index is 597. The van der Waals surface area contributed by atoms with Crippen LogP contribution in [0, 0.1) is 0 Å². The molecule has 2 rings (SSSR count). The Morgan fingerprint density at radius 1 is 1.19 bits per heavy atom. The molecule has 0 unspecified atom stereocenters. The molecule has 0 spiro atoms. The first-order chi connectivity index (χ1) is 9.97. The molecule has 0 aliphatic carbocycles. The summed E-state index contributed by atoms with van der Waals surface area (Å²) in [6.45, 7) is 1.10. The molecule has 1 saturated heterocycles. The Morgan fingerprint density at radius 3 is 2.38 bits per heavy atom. The van der Waals surface area contributed by atoms with Gasteiger partial charge in [0.05, 0.1) is 19.9 Å². The number of nitrogens with one attached hydrogen (secondary N) is 1. The number of rotatable bonds is 5. The van der Waals surface area contributed by atoms with Crippen molar-refractivity contribution in [2.45, 2.75) is 23.8 Å². The lowest BCUT2D eigenvalue weighted by Gasteiger charge is -2.23. The van der Waals surface area contributed by atoms with Crippen molar-refractivity contribution in [2.24, 2.45) is 0 Å².